The molecule has 3 nitrogen and oxygen atoms in total. The van der Waals surface area contributed by atoms with Crippen LogP contribution in [-0.2, 0) is 6.54 Å². The lowest BCUT2D eigenvalue weighted by molar-refractivity contribution is 0.0940. The summed E-state index contributed by atoms with van der Waals surface area (Å²) in [6.07, 6.45) is 2.58. The SMILES string of the molecule is Cc1ccc([C@@H](C)NC(=O)c2ccc(CN3CCC(C)CC3)cc2)c(C)c1. The molecule has 0 radical (unpaired) electrons. The van der Waals surface area contributed by atoms with Crippen LogP contribution in [0.3, 0.4) is 0 Å². The van der Waals surface area contributed by atoms with Gasteiger partial charge in [-0.25, -0.2) is 0 Å². The second-order valence-corrected chi connectivity index (χ2v) is 8.21. The smallest absolute Gasteiger partial charge is 0.251 e. The zero-order chi connectivity index (χ0) is 19.4. The van der Waals surface area contributed by atoms with E-state index >= 15 is 0 Å². The average molecular weight is 365 g/mol. The molecule has 1 aliphatic heterocycles. The molecule has 1 aliphatic rings. The number of carbonyl (C=O) groups is 1. The molecule has 144 valence electrons. The van der Waals surface area contributed by atoms with Crippen molar-refractivity contribution in [3.63, 3.8) is 0 Å². The third kappa shape index (κ3) is 5.20. The third-order valence-corrected chi connectivity index (χ3v) is 5.74. The number of carbonyl (C=O) groups excluding carboxylic acids is 1. The van der Waals surface area contributed by atoms with Gasteiger partial charge < -0.3 is 5.32 Å². The van der Waals surface area contributed by atoms with E-state index in [4.69, 9.17) is 0 Å². The van der Waals surface area contributed by atoms with E-state index in [0.29, 0.717) is 0 Å². The van der Waals surface area contributed by atoms with E-state index in [2.05, 4.69) is 61.3 Å². The highest BCUT2D eigenvalue weighted by Crippen LogP contribution is 2.20. The number of likely N-dealkylation sites (tertiary alicyclic amines) is 1. The van der Waals surface area contributed by atoms with Crippen LogP contribution in [-0.4, -0.2) is 23.9 Å². The second kappa shape index (κ2) is 8.71. The van der Waals surface area contributed by atoms with Crippen molar-refractivity contribution in [2.24, 2.45) is 5.92 Å². The Hall–Kier alpha value is -2.13. The van der Waals surface area contributed by atoms with E-state index in [1.165, 1.54) is 48.2 Å². The molecule has 1 saturated heterocycles. The second-order valence-electron chi connectivity index (χ2n) is 8.21. The predicted octanol–water partition coefficient (Wildman–Crippen LogP) is 5.03. The first-order chi connectivity index (χ1) is 12.9. The standard InChI is InChI=1S/C24H32N2O/c1-17-11-13-26(14-12-17)16-21-6-8-22(9-7-21)24(27)25-20(4)23-10-5-18(2)15-19(23)3/h5-10,15,17,20H,11-14,16H2,1-4H3,(H,25,27)/t20-/m1/s1. The Morgan fingerprint density at radius 3 is 2.41 bits per heavy atom. The maximum Gasteiger partial charge on any atom is 0.251 e. The minimum atomic E-state index is -0.0131. The highest BCUT2D eigenvalue weighted by Gasteiger charge is 2.16. The molecule has 1 amide bonds. The van der Waals surface area contributed by atoms with Crippen LogP contribution in [0.15, 0.2) is 42.5 Å². The first kappa shape index (κ1) is 19.6. The summed E-state index contributed by atoms with van der Waals surface area (Å²) in [5.74, 6) is 0.840. The van der Waals surface area contributed by atoms with Gasteiger partial charge >= 0.3 is 0 Å². The number of benzene rings is 2. The Balaban J connectivity index is 1.58. The van der Waals surface area contributed by atoms with Crippen LogP contribution in [0, 0.1) is 19.8 Å². The molecule has 0 bridgehead atoms. The van der Waals surface area contributed by atoms with Gasteiger partial charge in [0.2, 0.25) is 0 Å². The van der Waals surface area contributed by atoms with Crippen molar-refractivity contribution >= 4 is 5.91 Å². The highest BCUT2D eigenvalue weighted by molar-refractivity contribution is 5.94. The number of nitrogens with zero attached hydrogens (tertiary/aromatic N) is 1. The van der Waals surface area contributed by atoms with Gasteiger partial charge in [-0.2, -0.15) is 0 Å². The molecule has 1 fully saturated rings. The van der Waals surface area contributed by atoms with Crippen LogP contribution in [0.4, 0.5) is 0 Å². The molecule has 0 saturated carbocycles. The van der Waals surface area contributed by atoms with Gasteiger partial charge in [0.05, 0.1) is 6.04 Å². The minimum absolute atomic E-state index is 0.00637. The zero-order valence-electron chi connectivity index (χ0n) is 17.1. The summed E-state index contributed by atoms with van der Waals surface area (Å²) in [5, 5.41) is 3.13. The van der Waals surface area contributed by atoms with E-state index in [9.17, 15) is 4.79 Å². The fraction of sp³-hybridized carbons (Fsp3) is 0.458. The van der Waals surface area contributed by atoms with Gasteiger partial charge in [0.1, 0.15) is 0 Å². The lowest BCUT2D eigenvalue weighted by Gasteiger charge is -2.30. The number of nitrogens with one attached hydrogen (secondary N) is 1. The normalized spacial score (nSPS) is 16.9. The van der Waals surface area contributed by atoms with Gasteiger partial charge in [-0.05, 0) is 81.4 Å². The van der Waals surface area contributed by atoms with E-state index in [1.54, 1.807) is 0 Å². The van der Waals surface area contributed by atoms with Gasteiger partial charge in [-0.3, -0.25) is 9.69 Å². The van der Waals surface area contributed by atoms with E-state index in [1.807, 2.05) is 19.1 Å². The summed E-state index contributed by atoms with van der Waals surface area (Å²) in [5.41, 5.74) is 5.64. The summed E-state index contributed by atoms with van der Waals surface area (Å²) < 4.78 is 0. The minimum Gasteiger partial charge on any atom is -0.346 e. The molecule has 2 aromatic carbocycles. The van der Waals surface area contributed by atoms with Crippen molar-refractivity contribution in [3.8, 4) is 0 Å². The quantitative estimate of drug-likeness (QED) is 0.807. The summed E-state index contributed by atoms with van der Waals surface area (Å²) in [6.45, 7) is 11.9. The number of piperidine rings is 1. The molecule has 0 aromatic heterocycles. The molecule has 0 spiro atoms. The number of hydrogen-bond acceptors (Lipinski definition) is 2. The van der Waals surface area contributed by atoms with Crippen LogP contribution in [0.1, 0.15) is 65.3 Å². The van der Waals surface area contributed by atoms with Crippen molar-refractivity contribution in [1.29, 1.82) is 0 Å². The zero-order valence-corrected chi connectivity index (χ0v) is 17.1. The molecule has 3 heteroatoms. The molecule has 1 N–H and O–H groups in total. The molecule has 2 aromatic rings. The first-order valence-electron chi connectivity index (χ1n) is 10.1. The summed E-state index contributed by atoms with van der Waals surface area (Å²) in [6, 6.07) is 14.4. The van der Waals surface area contributed by atoms with Crippen LogP contribution in [0.25, 0.3) is 0 Å². The van der Waals surface area contributed by atoms with E-state index in [-0.39, 0.29) is 11.9 Å². The third-order valence-electron chi connectivity index (χ3n) is 5.74. The van der Waals surface area contributed by atoms with Gasteiger partial charge in [0.15, 0.2) is 0 Å². The number of rotatable bonds is 5. The summed E-state index contributed by atoms with van der Waals surface area (Å²) in [7, 11) is 0. The monoisotopic (exact) mass is 364 g/mol. The molecule has 0 aliphatic carbocycles. The Morgan fingerprint density at radius 2 is 1.78 bits per heavy atom. The molecular weight excluding hydrogens is 332 g/mol. The molecule has 1 heterocycles. The Bertz CT molecular complexity index is 773. The predicted molar refractivity (Wildman–Crippen MR) is 112 cm³/mol. The number of hydrogen-bond donors (Lipinski definition) is 1. The molecule has 27 heavy (non-hydrogen) atoms. The molecule has 3 rings (SSSR count). The Kier molecular flexibility index (Phi) is 6.33. The lowest BCUT2D eigenvalue weighted by atomic mass is 9.98. The number of amides is 1. The lowest BCUT2D eigenvalue weighted by Crippen LogP contribution is -2.32. The van der Waals surface area contributed by atoms with Gasteiger partial charge in [0.25, 0.3) is 5.91 Å². The van der Waals surface area contributed by atoms with E-state index in [0.717, 1.165) is 18.0 Å². The highest BCUT2D eigenvalue weighted by atomic mass is 16.1. The Morgan fingerprint density at radius 1 is 1.11 bits per heavy atom. The van der Waals surface area contributed by atoms with Crippen molar-refractivity contribution in [3.05, 3.63) is 70.3 Å². The van der Waals surface area contributed by atoms with Gasteiger partial charge in [-0.15, -0.1) is 0 Å². The average Bonchev–Trinajstić information content (AvgIpc) is 2.64. The van der Waals surface area contributed by atoms with Crippen molar-refractivity contribution in [2.45, 2.75) is 53.1 Å². The van der Waals surface area contributed by atoms with Crippen molar-refractivity contribution < 1.29 is 4.79 Å². The largest absolute Gasteiger partial charge is 0.346 e. The van der Waals surface area contributed by atoms with Gasteiger partial charge in [-0.1, -0.05) is 42.8 Å². The number of aryl methyl sites for hydroxylation is 2. The summed E-state index contributed by atoms with van der Waals surface area (Å²) >= 11 is 0. The van der Waals surface area contributed by atoms with Crippen LogP contribution in [0.5, 0.6) is 0 Å². The molecule has 1 atom stereocenters. The first-order valence-corrected chi connectivity index (χ1v) is 10.1. The molecular formula is C24H32N2O. The fourth-order valence-corrected chi connectivity index (χ4v) is 3.91. The summed E-state index contributed by atoms with van der Waals surface area (Å²) in [4.78, 5) is 15.1. The van der Waals surface area contributed by atoms with Crippen LogP contribution >= 0.6 is 0 Å². The van der Waals surface area contributed by atoms with Crippen LogP contribution < -0.4 is 5.32 Å². The van der Waals surface area contributed by atoms with Crippen LogP contribution in [0.2, 0.25) is 0 Å². The maximum absolute atomic E-state index is 12.6. The van der Waals surface area contributed by atoms with Crippen molar-refractivity contribution in [2.75, 3.05) is 13.1 Å². The van der Waals surface area contributed by atoms with Crippen molar-refractivity contribution in [1.82, 2.24) is 10.2 Å². The topological polar surface area (TPSA) is 32.3 Å². The van der Waals surface area contributed by atoms with Gasteiger partial charge in [0, 0.05) is 12.1 Å². The molecule has 0 unspecified atom stereocenters. The maximum atomic E-state index is 12.6. The fourth-order valence-electron chi connectivity index (χ4n) is 3.91. The Labute approximate surface area is 163 Å². The van der Waals surface area contributed by atoms with E-state index < -0.39 is 0 Å².